The molecule has 0 spiro atoms. The Morgan fingerprint density at radius 1 is 1.16 bits per heavy atom. The molecule has 1 atom stereocenters. The Kier molecular flexibility index (Phi) is 4.36. The molecule has 0 bridgehead atoms. The van der Waals surface area contributed by atoms with Crippen molar-refractivity contribution >= 4 is 11.6 Å². The third-order valence-corrected chi connectivity index (χ3v) is 4.92. The van der Waals surface area contributed by atoms with Crippen LogP contribution in [-0.4, -0.2) is 56.7 Å². The summed E-state index contributed by atoms with van der Waals surface area (Å²) in [4.78, 5) is 17.0. The van der Waals surface area contributed by atoms with Crippen molar-refractivity contribution < 1.29 is 13.9 Å². The van der Waals surface area contributed by atoms with Crippen LogP contribution < -0.4 is 15.0 Å². The maximum absolute atomic E-state index is 12.2. The molecule has 6 heteroatoms. The average Bonchev–Trinajstić information content (AvgIpc) is 3.17. The van der Waals surface area contributed by atoms with Gasteiger partial charge in [0.2, 0.25) is 0 Å². The highest BCUT2D eigenvalue weighted by Gasteiger charge is 2.27. The predicted octanol–water partition coefficient (Wildman–Crippen LogP) is 1.76. The summed E-state index contributed by atoms with van der Waals surface area (Å²) < 4.78 is 11.1. The van der Waals surface area contributed by atoms with Crippen LogP contribution in [0.3, 0.4) is 0 Å². The first-order valence-electron chi connectivity index (χ1n) is 8.73. The van der Waals surface area contributed by atoms with Gasteiger partial charge in [0.15, 0.2) is 5.76 Å². The molecule has 6 nitrogen and oxygen atoms in total. The van der Waals surface area contributed by atoms with Gasteiger partial charge in [-0.05, 0) is 31.3 Å². The lowest BCUT2D eigenvalue weighted by molar-refractivity contribution is 0.0887. The number of likely N-dealkylation sites (N-methyl/N-ethyl adjacent to an activating group) is 1. The highest BCUT2D eigenvalue weighted by atomic mass is 16.5. The summed E-state index contributed by atoms with van der Waals surface area (Å²) >= 11 is 0. The minimum absolute atomic E-state index is 0.0567. The number of hydrogen-bond acceptors (Lipinski definition) is 5. The number of carbonyl (C=O) groups is 1. The number of carbonyl (C=O) groups excluding carboxylic acids is 1. The van der Waals surface area contributed by atoms with E-state index in [1.165, 1.54) is 17.5 Å². The Balaban J connectivity index is 1.50. The van der Waals surface area contributed by atoms with Gasteiger partial charge in [-0.2, -0.15) is 0 Å². The fraction of sp³-hybridized carbons (Fsp3) is 0.421. The van der Waals surface area contributed by atoms with Crippen molar-refractivity contribution in [3.63, 3.8) is 0 Å². The Labute approximate surface area is 147 Å². The number of nitrogens with one attached hydrogen (secondary N) is 1. The van der Waals surface area contributed by atoms with Crippen LogP contribution in [0.5, 0.6) is 5.75 Å². The summed E-state index contributed by atoms with van der Waals surface area (Å²) in [5, 5.41) is 3.01. The summed E-state index contributed by atoms with van der Waals surface area (Å²) in [7, 11) is 2.15. The molecule has 1 amide bonds. The molecule has 3 heterocycles. The summed E-state index contributed by atoms with van der Waals surface area (Å²) in [6, 6.07) is 9.55. The minimum Gasteiger partial charge on any atom is -0.491 e. The number of hydrogen-bond donors (Lipinski definition) is 1. The lowest BCUT2D eigenvalue weighted by Gasteiger charge is -2.37. The van der Waals surface area contributed by atoms with E-state index in [4.69, 9.17) is 9.15 Å². The summed E-state index contributed by atoms with van der Waals surface area (Å²) in [5.41, 5.74) is 2.41. The van der Waals surface area contributed by atoms with Gasteiger partial charge in [0.1, 0.15) is 12.4 Å². The molecule has 2 aliphatic rings. The first-order chi connectivity index (χ1) is 12.2. The molecular weight excluding hydrogens is 318 g/mol. The van der Waals surface area contributed by atoms with E-state index in [1.54, 1.807) is 12.1 Å². The summed E-state index contributed by atoms with van der Waals surface area (Å²) in [6.07, 6.45) is 2.28. The van der Waals surface area contributed by atoms with Crippen molar-refractivity contribution in [2.45, 2.75) is 12.5 Å². The third kappa shape index (κ3) is 3.35. The molecule has 1 fully saturated rings. The number of amides is 1. The molecule has 1 aromatic carbocycles. The second-order valence-corrected chi connectivity index (χ2v) is 6.71. The Hall–Kier alpha value is -2.47. The van der Waals surface area contributed by atoms with Gasteiger partial charge in [0, 0.05) is 43.9 Å². The van der Waals surface area contributed by atoms with Gasteiger partial charge < -0.3 is 24.3 Å². The quantitative estimate of drug-likeness (QED) is 0.922. The predicted molar refractivity (Wildman–Crippen MR) is 95.3 cm³/mol. The van der Waals surface area contributed by atoms with Crippen LogP contribution in [0.15, 0.2) is 41.0 Å². The van der Waals surface area contributed by atoms with Crippen molar-refractivity contribution in [3.05, 3.63) is 47.9 Å². The molecule has 1 aromatic heterocycles. The van der Waals surface area contributed by atoms with E-state index in [-0.39, 0.29) is 11.9 Å². The lowest BCUT2D eigenvalue weighted by Crippen LogP contribution is -2.46. The van der Waals surface area contributed by atoms with Crippen LogP contribution in [0, 0.1) is 0 Å². The summed E-state index contributed by atoms with van der Waals surface area (Å²) in [6.45, 7) is 4.62. The van der Waals surface area contributed by atoms with E-state index in [0.29, 0.717) is 12.4 Å². The van der Waals surface area contributed by atoms with Crippen LogP contribution in [0.1, 0.15) is 16.1 Å². The number of nitrogens with zero attached hydrogens (tertiary/aromatic N) is 2. The largest absolute Gasteiger partial charge is 0.491 e. The molecular formula is C19H23N3O3. The Morgan fingerprint density at radius 3 is 2.76 bits per heavy atom. The van der Waals surface area contributed by atoms with Gasteiger partial charge in [-0.1, -0.05) is 6.07 Å². The van der Waals surface area contributed by atoms with Crippen LogP contribution >= 0.6 is 0 Å². The number of ether oxygens (including phenoxy) is 1. The van der Waals surface area contributed by atoms with Crippen molar-refractivity contribution in [1.82, 2.24) is 10.2 Å². The molecule has 0 aliphatic carbocycles. The van der Waals surface area contributed by atoms with Crippen LogP contribution in [0.2, 0.25) is 0 Å². The summed E-state index contributed by atoms with van der Waals surface area (Å²) in [5.74, 6) is 1.07. The topological polar surface area (TPSA) is 58.0 Å². The van der Waals surface area contributed by atoms with Crippen LogP contribution in [0.25, 0.3) is 0 Å². The molecule has 0 saturated carbocycles. The number of anilines is 1. The van der Waals surface area contributed by atoms with Crippen molar-refractivity contribution in [2.75, 3.05) is 44.7 Å². The van der Waals surface area contributed by atoms with E-state index >= 15 is 0 Å². The van der Waals surface area contributed by atoms with Gasteiger partial charge in [0.05, 0.1) is 12.3 Å². The highest BCUT2D eigenvalue weighted by molar-refractivity contribution is 5.91. The molecule has 2 aliphatic heterocycles. The minimum atomic E-state index is -0.195. The van der Waals surface area contributed by atoms with Gasteiger partial charge in [0.25, 0.3) is 5.91 Å². The Morgan fingerprint density at radius 2 is 2.00 bits per heavy atom. The molecule has 1 N–H and O–H groups in total. The van der Waals surface area contributed by atoms with Crippen LogP contribution in [-0.2, 0) is 6.42 Å². The van der Waals surface area contributed by atoms with Crippen molar-refractivity contribution in [1.29, 1.82) is 0 Å². The van der Waals surface area contributed by atoms with Gasteiger partial charge in [-0.15, -0.1) is 0 Å². The van der Waals surface area contributed by atoms with E-state index in [9.17, 15) is 4.79 Å². The van der Waals surface area contributed by atoms with Crippen molar-refractivity contribution in [2.24, 2.45) is 0 Å². The van der Waals surface area contributed by atoms with Gasteiger partial charge >= 0.3 is 0 Å². The second-order valence-electron chi connectivity index (χ2n) is 6.71. The molecule has 4 rings (SSSR count). The maximum Gasteiger partial charge on any atom is 0.287 e. The number of fused-ring (bicyclic) bond motifs is 1. The first-order valence-corrected chi connectivity index (χ1v) is 8.73. The molecule has 25 heavy (non-hydrogen) atoms. The first kappa shape index (κ1) is 16.0. The highest BCUT2D eigenvalue weighted by Crippen LogP contribution is 2.34. The fourth-order valence-electron chi connectivity index (χ4n) is 3.49. The SMILES string of the molecule is CN1CCN(c2cccc3c2C[C@H](NC(=O)c2ccco2)CO3)CC1. The zero-order chi connectivity index (χ0) is 17.2. The smallest absolute Gasteiger partial charge is 0.287 e. The third-order valence-electron chi connectivity index (χ3n) is 4.92. The normalized spacial score (nSPS) is 20.7. The van der Waals surface area contributed by atoms with E-state index in [1.807, 2.05) is 12.1 Å². The molecule has 0 radical (unpaired) electrons. The fourth-order valence-corrected chi connectivity index (χ4v) is 3.49. The molecule has 1 saturated heterocycles. The Bertz CT molecular complexity index is 736. The van der Waals surface area contributed by atoms with E-state index in [0.717, 1.165) is 38.3 Å². The van der Waals surface area contributed by atoms with Crippen LogP contribution in [0.4, 0.5) is 5.69 Å². The van der Waals surface area contributed by atoms with Crippen molar-refractivity contribution in [3.8, 4) is 5.75 Å². The molecule has 0 unspecified atom stereocenters. The second kappa shape index (κ2) is 6.80. The zero-order valence-electron chi connectivity index (χ0n) is 14.4. The standard InChI is InChI=1S/C19H23N3O3/c1-21-7-9-22(10-8-21)16-4-2-5-17-15(16)12-14(13-25-17)20-19(23)18-6-3-11-24-18/h2-6,11,14H,7-10,12-13H2,1H3,(H,20,23)/t14-/m0/s1. The number of benzene rings is 1. The number of piperazine rings is 1. The maximum atomic E-state index is 12.2. The van der Waals surface area contributed by atoms with Gasteiger partial charge in [-0.3, -0.25) is 4.79 Å². The zero-order valence-corrected chi connectivity index (χ0v) is 14.4. The monoisotopic (exact) mass is 341 g/mol. The van der Waals surface area contributed by atoms with E-state index in [2.05, 4.69) is 28.2 Å². The van der Waals surface area contributed by atoms with Gasteiger partial charge in [-0.25, -0.2) is 0 Å². The molecule has 2 aromatic rings. The lowest BCUT2D eigenvalue weighted by atomic mass is 9.99. The number of furan rings is 1. The molecule has 132 valence electrons. The number of rotatable bonds is 3. The average molecular weight is 341 g/mol. The van der Waals surface area contributed by atoms with E-state index < -0.39 is 0 Å².